The van der Waals surface area contributed by atoms with Gasteiger partial charge in [0.1, 0.15) is 123 Å². The summed E-state index contributed by atoms with van der Waals surface area (Å²) in [4.78, 5) is 0. The van der Waals surface area contributed by atoms with Gasteiger partial charge in [0.15, 0.2) is 0 Å². The van der Waals surface area contributed by atoms with E-state index in [4.69, 9.17) is 47.4 Å². The van der Waals surface area contributed by atoms with Gasteiger partial charge in [0.05, 0.1) is 139 Å². The Morgan fingerprint density at radius 1 is 0.196 bits per heavy atom. The lowest BCUT2D eigenvalue weighted by Crippen LogP contribution is -2.38. The second kappa shape index (κ2) is 47.2. The molecule has 15 heteroatoms. The lowest BCUT2D eigenvalue weighted by molar-refractivity contribution is -0.870. The normalized spacial score (nSPS) is 12.2. The van der Waals surface area contributed by atoms with Gasteiger partial charge in [0.25, 0.3) is 0 Å². The maximum absolute atomic E-state index is 7.21. The van der Waals surface area contributed by atoms with Gasteiger partial charge in [-0.3, -0.25) is 0 Å². The number of rotatable bonds is 59. The molecule has 107 heavy (non-hydrogen) atoms. The van der Waals surface area contributed by atoms with Crippen LogP contribution in [0, 0.1) is 6.92 Å². The average Bonchev–Trinajstić information content (AvgIpc) is 0.792. The van der Waals surface area contributed by atoms with Crippen molar-refractivity contribution in [3.8, 4) is 57.5 Å². The van der Waals surface area contributed by atoms with Crippen LogP contribution in [0.2, 0.25) is 0 Å². The van der Waals surface area contributed by atoms with Crippen molar-refractivity contribution in [3.63, 3.8) is 0 Å². The molecular formula is C92H156N5O10+5. The zero-order valence-corrected chi connectivity index (χ0v) is 72.4. The largest absolute Gasteiger partial charge is 0.493 e. The number of quaternary nitrogens is 5. The van der Waals surface area contributed by atoms with Crippen LogP contribution in [0.15, 0.2) is 60.7 Å². The summed E-state index contributed by atoms with van der Waals surface area (Å²) in [5.74, 6) is 8.64. The minimum Gasteiger partial charge on any atom is -0.493 e. The molecule has 0 aliphatic rings. The number of nitrogens with zero attached hydrogens (tertiary/aromatic N) is 5. The molecule has 0 aromatic heterocycles. The second-order valence-corrected chi connectivity index (χ2v) is 35.4. The Kier molecular flexibility index (Phi) is 40.4. The van der Waals surface area contributed by atoms with Crippen molar-refractivity contribution >= 4 is 0 Å². The number of hydrogen-bond acceptors (Lipinski definition) is 10. The number of hydrogen-bond donors (Lipinski definition) is 0. The first-order valence-corrected chi connectivity index (χ1v) is 41.9. The minimum absolute atomic E-state index is 0.514. The van der Waals surface area contributed by atoms with Crippen LogP contribution in [-0.4, -0.2) is 227 Å². The molecule has 0 fully saturated rings. The smallest absolute Gasteiger partial charge is 0.137 e. The fourth-order valence-corrected chi connectivity index (χ4v) is 12.5. The first-order chi connectivity index (χ1) is 50.8. The Morgan fingerprint density at radius 3 is 0.561 bits per heavy atom. The van der Waals surface area contributed by atoms with Crippen LogP contribution < -0.4 is 47.4 Å². The quantitative estimate of drug-likeness (QED) is 0.0277. The molecule has 0 aliphatic heterocycles. The van der Waals surface area contributed by atoms with Gasteiger partial charge >= 0.3 is 0 Å². The van der Waals surface area contributed by atoms with Crippen molar-refractivity contribution in [2.24, 2.45) is 0 Å². The Labute approximate surface area is 653 Å². The van der Waals surface area contributed by atoms with E-state index in [0.717, 1.165) is 271 Å². The van der Waals surface area contributed by atoms with Crippen LogP contribution >= 0.6 is 0 Å². The highest BCUT2D eigenvalue weighted by molar-refractivity contribution is 5.58. The maximum atomic E-state index is 7.21. The van der Waals surface area contributed by atoms with Gasteiger partial charge < -0.3 is 69.8 Å². The van der Waals surface area contributed by atoms with Crippen molar-refractivity contribution in [2.75, 3.05) is 205 Å². The summed E-state index contributed by atoms with van der Waals surface area (Å²) < 4.78 is 73.8. The molecule has 0 bridgehead atoms. The Balaban J connectivity index is 1.82. The molecule has 0 amide bonds. The predicted octanol–water partition coefficient (Wildman–Crippen LogP) is 19.1. The van der Waals surface area contributed by atoms with E-state index >= 15 is 0 Å². The molecule has 5 aromatic rings. The summed E-state index contributed by atoms with van der Waals surface area (Å²) in [5, 5.41) is 0. The van der Waals surface area contributed by atoms with E-state index < -0.39 is 0 Å². The first kappa shape index (κ1) is 91.5. The fourth-order valence-electron chi connectivity index (χ4n) is 12.5. The van der Waals surface area contributed by atoms with E-state index in [1.807, 2.05) is 0 Å². The van der Waals surface area contributed by atoms with Crippen LogP contribution in [0.1, 0.15) is 226 Å². The molecule has 0 heterocycles. The number of unbranched alkanes of at least 4 members (excludes halogenated alkanes) is 15. The van der Waals surface area contributed by atoms with Crippen LogP contribution in [0.5, 0.6) is 57.5 Å². The molecule has 0 unspecified atom stereocenters. The zero-order chi connectivity index (χ0) is 78.5. The maximum Gasteiger partial charge on any atom is 0.137 e. The van der Waals surface area contributed by atoms with Crippen LogP contribution in [0.4, 0.5) is 0 Å². The highest BCUT2D eigenvalue weighted by Gasteiger charge is 2.26. The molecule has 0 aliphatic carbocycles. The van der Waals surface area contributed by atoms with Crippen molar-refractivity contribution in [2.45, 2.75) is 209 Å². The van der Waals surface area contributed by atoms with Crippen LogP contribution in [0.25, 0.3) is 0 Å². The summed E-state index contributed by atoms with van der Waals surface area (Å²) in [7, 11) is 33.3. The van der Waals surface area contributed by atoms with Gasteiger partial charge in [-0.05, 0) is 117 Å². The first-order valence-electron chi connectivity index (χ1n) is 41.9. The molecule has 5 aromatic carbocycles. The van der Waals surface area contributed by atoms with E-state index in [1.165, 1.54) is 32.1 Å². The standard InChI is InChI=1S/C92H156N5O10/c1-23-29-34-39-49-98-83-65-75(84(59-73(83)7)103-54-44-93(8,9)10)60-77-70-90(105-56-46-95(14,15)16)81(68-87(77)100-51-41-36-31-25-3)62-79-72-92(107-58-48-97(20,21)22)82(69-89(79)102-53-43-38-33-27-5)63-78-71-91(106-57-47-96(17,18)19)80(67-88(78)101-52-42-37-32-26-4)61-76-66-85(104-55-45-94(11,12)13)74(28-6)64-86(76)99-50-40-35-30-24-2/h59,64-72H,23-58,60-63H2,1-22H3/q+5. The summed E-state index contributed by atoms with van der Waals surface area (Å²) in [6.07, 6.45) is 25.1. The second-order valence-electron chi connectivity index (χ2n) is 35.4. The lowest BCUT2D eigenvalue weighted by Gasteiger charge is -2.26. The molecule has 0 saturated heterocycles. The van der Waals surface area contributed by atoms with Gasteiger partial charge in [-0.15, -0.1) is 0 Å². The molecule has 5 rings (SSSR count). The third kappa shape index (κ3) is 36.5. The zero-order valence-electron chi connectivity index (χ0n) is 72.4. The highest BCUT2D eigenvalue weighted by Crippen LogP contribution is 2.43. The summed E-state index contributed by atoms with van der Waals surface area (Å²) in [6.45, 7) is 25.8. The molecule has 0 atom stereocenters. The van der Waals surface area contributed by atoms with Crippen molar-refractivity contribution in [1.82, 2.24) is 0 Å². The van der Waals surface area contributed by atoms with E-state index in [1.54, 1.807) is 0 Å². The molecule has 0 N–H and O–H groups in total. The molecule has 0 radical (unpaired) electrons. The van der Waals surface area contributed by atoms with E-state index in [0.29, 0.717) is 91.8 Å². The van der Waals surface area contributed by atoms with Gasteiger partial charge in [0, 0.05) is 70.2 Å². The lowest BCUT2D eigenvalue weighted by atomic mass is 9.94. The van der Waals surface area contributed by atoms with Gasteiger partial charge in [0.2, 0.25) is 0 Å². The summed E-state index contributed by atoms with van der Waals surface area (Å²) >= 11 is 0. The molecular weight excluding hydrogens is 1340 g/mol. The average molecular weight is 1490 g/mol. The Bertz CT molecular complexity index is 3330. The molecule has 604 valence electrons. The Morgan fingerprint density at radius 2 is 0.364 bits per heavy atom. The fraction of sp³-hybridized carbons (Fsp3) is 0.674. The third-order valence-electron chi connectivity index (χ3n) is 19.6. The Hall–Kier alpha value is -6.10. The minimum atomic E-state index is 0.514. The van der Waals surface area contributed by atoms with Gasteiger partial charge in [-0.2, -0.15) is 0 Å². The van der Waals surface area contributed by atoms with E-state index in [-0.39, 0.29) is 0 Å². The number of likely N-dealkylation sites (N-methyl/N-ethyl adjacent to an activating group) is 5. The van der Waals surface area contributed by atoms with Crippen molar-refractivity contribution in [3.05, 3.63) is 116 Å². The van der Waals surface area contributed by atoms with Crippen LogP contribution in [-0.2, 0) is 32.1 Å². The number of ether oxygens (including phenoxy) is 10. The van der Waals surface area contributed by atoms with Crippen LogP contribution in [0.3, 0.4) is 0 Å². The summed E-state index contributed by atoms with van der Waals surface area (Å²) in [6, 6.07) is 22.6. The number of benzene rings is 5. The van der Waals surface area contributed by atoms with Gasteiger partial charge in [-0.1, -0.05) is 138 Å². The predicted molar refractivity (Wildman–Crippen MR) is 448 cm³/mol. The van der Waals surface area contributed by atoms with Crippen molar-refractivity contribution < 1.29 is 69.8 Å². The highest BCUT2D eigenvalue weighted by atomic mass is 16.5. The molecule has 15 nitrogen and oxygen atoms in total. The van der Waals surface area contributed by atoms with E-state index in [9.17, 15) is 0 Å². The topological polar surface area (TPSA) is 92.3 Å². The van der Waals surface area contributed by atoms with Gasteiger partial charge in [-0.25, -0.2) is 0 Å². The third-order valence-corrected chi connectivity index (χ3v) is 19.6. The molecule has 0 spiro atoms. The van der Waals surface area contributed by atoms with Crippen molar-refractivity contribution in [1.29, 1.82) is 0 Å². The van der Waals surface area contributed by atoms with E-state index in [2.05, 4.69) is 215 Å². The molecule has 0 saturated carbocycles. The number of aryl methyl sites for hydroxylation is 2. The SMILES string of the molecule is CCCCCCOc1cc(Cc2cc(OCC[N+](C)(C)C)c(Cc3cc(OCC[N+](C)(C)C)c(Cc4cc(OCC[N+](C)(C)C)c(Cc5cc(OCC[N+](C)(C)C)c(CC)cc5OCCCCCC)cc4OCCCCCC)cc3OCCCCCC)cc2OCCCCCC)c(OCC[N+](C)(C)C)cc1C. The monoisotopic (exact) mass is 1490 g/mol. The summed E-state index contributed by atoms with van der Waals surface area (Å²) in [5.41, 5.74) is 10.6.